The van der Waals surface area contributed by atoms with E-state index in [1.165, 1.54) is 0 Å². The fraction of sp³-hybridized carbons (Fsp3) is 0.462. The molecular weight excluding hydrogens is 262 g/mol. The number of carboxylic acids is 1. The van der Waals surface area contributed by atoms with Crippen molar-refractivity contribution in [2.75, 3.05) is 13.2 Å². The van der Waals surface area contributed by atoms with E-state index in [4.69, 9.17) is 20.1 Å². The van der Waals surface area contributed by atoms with Gasteiger partial charge in [-0.3, -0.25) is 4.79 Å². The van der Waals surface area contributed by atoms with Crippen LogP contribution < -0.4 is 9.47 Å². The van der Waals surface area contributed by atoms with Gasteiger partial charge in [-0.15, -0.1) is 0 Å². The zero-order chi connectivity index (χ0) is 15.0. The number of carbonyl (C=O) groups is 1. The lowest BCUT2D eigenvalue weighted by Gasteiger charge is -2.15. The molecule has 7 nitrogen and oxygen atoms in total. The number of nitrogens with zero attached hydrogens (tertiary/aromatic N) is 3. The molecule has 0 fully saturated rings. The summed E-state index contributed by atoms with van der Waals surface area (Å²) in [6.45, 7) is 4.64. The maximum absolute atomic E-state index is 10.8. The predicted octanol–water partition coefficient (Wildman–Crippen LogP) is 3.31. The Morgan fingerprint density at radius 3 is 2.55 bits per heavy atom. The van der Waals surface area contributed by atoms with Crippen molar-refractivity contribution in [2.24, 2.45) is 5.11 Å². The smallest absolute Gasteiger partial charge is 0.304 e. The standard InChI is InChI=1S/C13H17N3O4/c1-3-19-11-6-5-9(7-12(11)20-4-2)10(15-16-14)8-13(17)18/h5-7,10H,3-4,8H2,1-2H3,(H,17,18). The highest BCUT2D eigenvalue weighted by Gasteiger charge is 2.16. The molecule has 0 spiro atoms. The lowest BCUT2D eigenvalue weighted by Crippen LogP contribution is -2.05. The van der Waals surface area contributed by atoms with Crippen LogP contribution in [0, 0.1) is 0 Å². The van der Waals surface area contributed by atoms with Crippen molar-refractivity contribution >= 4 is 5.97 Å². The summed E-state index contributed by atoms with van der Waals surface area (Å²) >= 11 is 0. The van der Waals surface area contributed by atoms with Crippen molar-refractivity contribution in [2.45, 2.75) is 26.3 Å². The Kier molecular flexibility index (Phi) is 6.19. The molecule has 0 aromatic heterocycles. The molecule has 0 aliphatic heterocycles. The molecule has 1 atom stereocenters. The molecule has 1 N–H and O–H groups in total. The Morgan fingerprint density at radius 2 is 2.00 bits per heavy atom. The Morgan fingerprint density at radius 1 is 1.35 bits per heavy atom. The second kappa shape index (κ2) is 7.91. The molecule has 7 heteroatoms. The molecule has 108 valence electrons. The molecule has 1 aromatic rings. The van der Waals surface area contributed by atoms with Crippen molar-refractivity contribution in [1.29, 1.82) is 0 Å². The van der Waals surface area contributed by atoms with Gasteiger partial charge in [-0.25, -0.2) is 0 Å². The minimum Gasteiger partial charge on any atom is -0.490 e. The molecule has 1 rings (SSSR count). The average molecular weight is 279 g/mol. The van der Waals surface area contributed by atoms with E-state index in [1.807, 2.05) is 13.8 Å². The van der Waals surface area contributed by atoms with Crippen molar-refractivity contribution in [3.63, 3.8) is 0 Å². The molecular formula is C13H17N3O4. The van der Waals surface area contributed by atoms with E-state index >= 15 is 0 Å². The van der Waals surface area contributed by atoms with Crippen LogP contribution in [-0.2, 0) is 4.79 Å². The topological polar surface area (TPSA) is 105 Å². The molecule has 0 amide bonds. The van der Waals surface area contributed by atoms with Gasteiger partial charge in [0, 0.05) is 4.91 Å². The van der Waals surface area contributed by atoms with Gasteiger partial charge >= 0.3 is 5.97 Å². The maximum Gasteiger partial charge on any atom is 0.304 e. The number of carboxylic acid groups (broad SMARTS) is 1. The molecule has 0 aliphatic rings. The number of ether oxygens (including phenoxy) is 2. The summed E-state index contributed by atoms with van der Waals surface area (Å²) in [4.78, 5) is 13.5. The summed E-state index contributed by atoms with van der Waals surface area (Å²) in [5.74, 6) is 0.0535. The van der Waals surface area contributed by atoms with E-state index < -0.39 is 12.0 Å². The van der Waals surface area contributed by atoms with E-state index in [2.05, 4.69) is 10.0 Å². The molecule has 0 saturated heterocycles. The van der Waals surface area contributed by atoms with E-state index in [0.29, 0.717) is 30.3 Å². The van der Waals surface area contributed by atoms with Crippen molar-refractivity contribution in [3.8, 4) is 11.5 Å². The van der Waals surface area contributed by atoms with Gasteiger partial charge in [0.1, 0.15) is 0 Å². The van der Waals surface area contributed by atoms with Crippen LogP contribution in [0.3, 0.4) is 0 Å². The van der Waals surface area contributed by atoms with Crippen LogP contribution in [0.4, 0.5) is 0 Å². The summed E-state index contributed by atoms with van der Waals surface area (Å²) in [7, 11) is 0. The number of aliphatic carboxylic acids is 1. The number of rotatable bonds is 8. The minimum atomic E-state index is -1.03. The molecule has 1 aromatic carbocycles. The van der Waals surface area contributed by atoms with Gasteiger partial charge in [0.05, 0.1) is 25.7 Å². The van der Waals surface area contributed by atoms with Crippen LogP contribution in [0.2, 0.25) is 0 Å². The molecule has 0 aliphatic carbocycles. The Bertz CT molecular complexity index is 512. The fourth-order valence-electron chi connectivity index (χ4n) is 1.73. The third-order valence-corrected chi connectivity index (χ3v) is 2.51. The van der Waals surface area contributed by atoms with Crippen LogP contribution in [0.15, 0.2) is 23.3 Å². The van der Waals surface area contributed by atoms with Gasteiger partial charge in [-0.2, -0.15) is 0 Å². The Labute approximate surface area is 116 Å². The SMILES string of the molecule is CCOc1ccc(C(CC(=O)O)N=[N+]=[N-])cc1OCC. The Balaban J connectivity index is 3.12. The van der Waals surface area contributed by atoms with Crippen LogP contribution in [0.25, 0.3) is 10.4 Å². The third-order valence-electron chi connectivity index (χ3n) is 2.51. The van der Waals surface area contributed by atoms with Crippen LogP contribution in [-0.4, -0.2) is 24.3 Å². The number of hydrogen-bond acceptors (Lipinski definition) is 4. The highest BCUT2D eigenvalue weighted by molar-refractivity contribution is 5.68. The second-order valence-electron chi connectivity index (χ2n) is 3.89. The zero-order valence-electron chi connectivity index (χ0n) is 11.4. The van der Waals surface area contributed by atoms with Crippen molar-refractivity contribution in [1.82, 2.24) is 0 Å². The largest absolute Gasteiger partial charge is 0.490 e. The first kappa shape index (κ1) is 15.7. The lowest BCUT2D eigenvalue weighted by molar-refractivity contribution is -0.137. The van der Waals surface area contributed by atoms with Crippen molar-refractivity contribution in [3.05, 3.63) is 34.2 Å². The maximum atomic E-state index is 10.8. The molecule has 1 unspecified atom stereocenters. The third kappa shape index (κ3) is 4.37. The first-order chi connectivity index (χ1) is 9.62. The van der Waals surface area contributed by atoms with Gasteiger partial charge in [0.25, 0.3) is 0 Å². The molecule has 20 heavy (non-hydrogen) atoms. The fourth-order valence-corrected chi connectivity index (χ4v) is 1.73. The van der Waals surface area contributed by atoms with Gasteiger partial charge in [-0.1, -0.05) is 11.2 Å². The molecule has 0 heterocycles. The van der Waals surface area contributed by atoms with Crippen LogP contribution >= 0.6 is 0 Å². The highest BCUT2D eigenvalue weighted by Crippen LogP contribution is 2.33. The van der Waals surface area contributed by atoms with E-state index in [0.717, 1.165) is 0 Å². The summed E-state index contributed by atoms with van der Waals surface area (Å²) in [6.07, 6.45) is -0.274. The van der Waals surface area contributed by atoms with Gasteiger partial charge < -0.3 is 14.6 Å². The number of hydrogen-bond donors (Lipinski definition) is 1. The molecule has 0 bridgehead atoms. The predicted molar refractivity (Wildman–Crippen MR) is 72.9 cm³/mol. The van der Waals surface area contributed by atoms with E-state index in [-0.39, 0.29) is 6.42 Å². The molecule has 0 saturated carbocycles. The molecule has 0 radical (unpaired) electrons. The summed E-state index contributed by atoms with van der Waals surface area (Å²) in [6, 6.07) is 4.24. The summed E-state index contributed by atoms with van der Waals surface area (Å²) in [5, 5.41) is 12.4. The van der Waals surface area contributed by atoms with Crippen LogP contribution in [0.1, 0.15) is 31.9 Å². The summed E-state index contributed by atoms with van der Waals surface area (Å²) < 4.78 is 10.9. The van der Waals surface area contributed by atoms with E-state index in [1.54, 1.807) is 18.2 Å². The number of azide groups is 1. The first-order valence-electron chi connectivity index (χ1n) is 6.27. The number of benzene rings is 1. The summed E-state index contributed by atoms with van der Waals surface area (Å²) in [5.41, 5.74) is 9.11. The minimum absolute atomic E-state index is 0.274. The Hall–Kier alpha value is -2.40. The quantitative estimate of drug-likeness (QED) is 0.447. The zero-order valence-corrected chi connectivity index (χ0v) is 11.4. The normalized spacial score (nSPS) is 11.3. The average Bonchev–Trinajstić information content (AvgIpc) is 2.40. The van der Waals surface area contributed by atoms with Gasteiger partial charge in [-0.05, 0) is 37.1 Å². The second-order valence-corrected chi connectivity index (χ2v) is 3.89. The highest BCUT2D eigenvalue weighted by atomic mass is 16.5. The van der Waals surface area contributed by atoms with Crippen molar-refractivity contribution < 1.29 is 19.4 Å². The van der Waals surface area contributed by atoms with E-state index in [9.17, 15) is 4.79 Å². The van der Waals surface area contributed by atoms with Gasteiger partial charge in [0.15, 0.2) is 11.5 Å². The first-order valence-corrected chi connectivity index (χ1v) is 6.27. The van der Waals surface area contributed by atoms with Gasteiger partial charge in [0.2, 0.25) is 0 Å². The monoisotopic (exact) mass is 279 g/mol. The van der Waals surface area contributed by atoms with Crippen LogP contribution in [0.5, 0.6) is 11.5 Å². The lowest BCUT2D eigenvalue weighted by atomic mass is 10.0.